The fourth-order valence-corrected chi connectivity index (χ4v) is 1.85. The molecule has 64 valence electrons. The minimum Gasteiger partial charge on any atom is -0.288 e. The van der Waals surface area contributed by atoms with Crippen molar-refractivity contribution in [2.24, 2.45) is 0 Å². The average Bonchev–Trinajstić information content (AvgIpc) is 2.54. The van der Waals surface area contributed by atoms with Crippen molar-refractivity contribution in [2.75, 3.05) is 14.1 Å². The van der Waals surface area contributed by atoms with Gasteiger partial charge in [0, 0.05) is 4.88 Å². The maximum Gasteiger partial charge on any atom is 0.140 e. The predicted octanol–water partition coefficient (Wildman–Crippen LogP) is 2.05. The van der Waals surface area contributed by atoms with Gasteiger partial charge in [-0.2, -0.15) is 5.26 Å². The summed E-state index contributed by atoms with van der Waals surface area (Å²) in [5.74, 6) is 0. The van der Waals surface area contributed by atoms with Crippen LogP contribution < -0.4 is 0 Å². The summed E-state index contributed by atoms with van der Waals surface area (Å²) in [7, 11) is 3.84. The van der Waals surface area contributed by atoms with Crippen LogP contribution in [-0.4, -0.2) is 19.0 Å². The zero-order valence-corrected chi connectivity index (χ0v) is 8.35. The van der Waals surface area contributed by atoms with E-state index in [2.05, 4.69) is 6.07 Å². The molecule has 0 bridgehead atoms. The van der Waals surface area contributed by atoms with Gasteiger partial charge in [-0.05, 0) is 32.5 Å². The normalized spacial score (nSPS) is 15.6. The molecule has 0 saturated heterocycles. The number of nitriles is 1. The standard InChI is InChI=1S/C9H12N2S/c1-9(7-10,11(2)3)8-5-4-6-12-8/h4-6H,1-3H3. The Morgan fingerprint density at radius 1 is 1.58 bits per heavy atom. The highest BCUT2D eigenvalue weighted by molar-refractivity contribution is 7.10. The van der Waals surface area contributed by atoms with E-state index in [0.29, 0.717) is 0 Å². The molecular weight excluding hydrogens is 168 g/mol. The molecule has 0 N–H and O–H groups in total. The highest BCUT2D eigenvalue weighted by Gasteiger charge is 2.29. The average molecular weight is 180 g/mol. The molecule has 0 aliphatic heterocycles. The Hall–Kier alpha value is -0.850. The summed E-state index contributed by atoms with van der Waals surface area (Å²) in [6.07, 6.45) is 0. The Labute approximate surface area is 77.0 Å². The molecule has 0 saturated carbocycles. The molecule has 0 aliphatic rings. The largest absolute Gasteiger partial charge is 0.288 e. The van der Waals surface area contributed by atoms with Crippen LogP contribution >= 0.6 is 11.3 Å². The summed E-state index contributed by atoms with van der Waals surface area (Å²) in [6.45, 7) is 1.93. The number of rotatable bonds is 2. The van der Waals surface area contributed by atoms with Crippen LogP contribution in [0.2, 0.25) is 0 Å². The maximum atomic E-state index is 9.04. The summed E-state index contributed by atoms with van der Waals surface area (Å²) in [5, 5.41) is 11.0. The lowest BCUT2D eigenvalue weighted by Gasteiger charge is -2.27. The van der Waals surface area contributed by atoms with Crippen LogP contribution in [-0.2, 0) is 5.54 Å². The summed E-state index contributed by atoms with van der Waals surface area (Å²) in [6, 6.07) is 6.28. The molecule has 1 rings (SSSR count). The van der Waals surface area contributed by atoms with E-state index in [9.17, 15) is 0 Å². The Bertz CT molecular complexity index is 284. The minimum absolute atomic E-state index is 0.478. The number of hydrogen-bond donors (Lipinski definition) is 0. The molecule has 1 aromatic heterocycles. The van der Waals surface area contributed by atoms with Crippen LogP contribution in [0.1, 0.15) is 11.8 Å². The van der Waals surface area contributed by atoms with Gasteiger partial charge in [0.25, 0.3) is 0 Å². The van der Waals surface area contributed by atoms with Gasteiger partial charge in [-0.3, -0.25) is 4.90 Å². The van der Waals surface area contributed by atoms with Crippen molar-refractivity contribution in [3.8, 4) is 6.07 Å². The minimum atomic E-state index is -0.478. The van der Waals surface area contributed by atoms with Crippen LogP contribution in [0, 0.1) is 11.3 Å². The van der Waals surface area contributed by atoms with E-state index in [1.807, 2.05) is 43.4 Å². The summed E-state index contributed by atoms with van der Waals surface area (Å²) >= 11 is 1.62. The second-order valence-corrected chi connectivity index (χ2v) is 4.00. The topological polar surface area (TPSA) is 27.0 Å². The predicted molar refractivity (Wildman–Crippen MR) is 51.0 cm³/mol. The van der Waals surface area contributed by atoms with Gasteiger partial charge < -0.3 is 0 Å². The van der Waals surface area contributed by atoms with Gasteiger partial charge in [-0.25, -0.2) is 0 Å². The summed E-state index contributed by atoms with van der Waals surface area (Å²) < 4.78 is 0. The van der Waals surface area contributed by atoms with Crippen molar-refractivity contribution in [3.63, 3.8) is 0 Å². The molecule has 1 unspecified atom stereocenters. The maximum absolute atomic E-state index is 9.04. The second kappa shape index (κ2) is 3.26. The molecular formula is C9H12N2S. The first-order chi connectivity index (χ1) is 5.61. The monoisotopic (exact) mass is 180 g/mol. The summed E-state index contributed by atoms with van der Waals surface area (Å²) in [5.41, 5.74) is -0.478. The molecule has 1 aromatic rings. The molecule has 12 heavy (non-hydrogen) atoms. The van der Waals surface area contributed by atoms with Crippen molar-refractivity contribution >= 4 is 11.3 Å². The molecule has 2 nitrogen and oxygen atoms in total. The highest BCUT2D eigenvalue weighted by atomic mass is 32.1. The SMILES string of the molecule is CN(C)C(C)(C#N)c1cccs1. The van der Waals surface area contributed by atoms with Gasteiger partial charge in [-0.1, -0.05) is 6.07 Å². The van der Waals surface area contributed by atoms with Gasteiger partial charge >= 0.3 is 0 Å². The summed E-state index contributed by atoms with van der Waals surface area (Å²) in [4.78, 5) is 3.02. The molecule has 0 aromatic carbocycles. The van der Waals surface area contributed by atoms with Gasteiger partial charge in [0.1, 0.15) is 5.54 Å². The van der Waals surface area contributed by atoms with E-state index in [1.54, 1.807) is 11.3 Å². The third-order valence-electron chi connectivity index (χ3n) is 2.11. The molecule has 3 heteroatoms. The lowest BCUT2D eigenvalue weighted by Crippen LogP contribution is -2.36. The smallest absolute Gasteiger partial charge is 0.140 e. The highest BCUT2D eigenvalue weighted by Crippen LogP contribution is 2.28. The molecule has 0 radical (unpaired) electrons. The van der Waals surface area contributed by atoms with E-state index >= 15 is 0 Å². The zero-order valence-electron chi connectivity index (χ0n) is 7.53. The van der Waals surface area contributed by atoms with Crippen molar-refractivity contribution in [3.05, 3.63) is 22.4 Å². The van der Waals surface area contributed by atoms with E-state index in [4.69, 9.17) is 5.26 Å². The van der Waals surface area contributed by atoms with Gasteiger partial charge in [0.15, 0.2) is 0 Å². The fourth-order valence-electron chi connectivity index (χ4n) is 0.931. The van der Waals surface area contributed by atoms with Gasteiger partial charge in [0.2, 0.25) is 0 Å². The van der Waals surface area contributed by atoms with Crippen LogP contribution in [0.4, 0.5) is 0 Å². The Morgan fingerprint density at radius 3 is 2.58 bits per heavy atom. The number of hydrogen-bond acceptors (Lipinski definition) is 3. The second-order valence-electron chi connectivity index (χ2n) is 3.06. The van der Waals surface area contributed by atoms with E-state index in [1.165, 1.54) is 0 Å². The molecule has 0 fully saturated rings. The van der Waals surface area contributed by atoms with Crippen molar-refractivity contribution < 1.29 is 0 Å². The lowest BCUT2D eigenvalue weighted by molar-refractivity contribution is 0.246. The van der Waals surface area contributed by atoms with E-state index < -0.39 is 5.54 Å². The molecule has 0 amide bonds. The molecule has 1 heterocycles. The van der Waals surface area contributed by atoms with E-state index in [-0.39, 0.29) is 0 Å². The molecule has 0 aliphatic carbocycles. The van der Waals surface area contributed by atoms with E-state index in [0.717, 1.165) is 4.88 Å². The van der Waals surface area contributed by atoms with Crippen LogP contribution in [0.15, 0.2) is 17.5 Å². The molecule has 1 atom stereocenters. The Balaban J connectivity index is 3.06. The Kier molecular flexibility index (Phi) is 2.51. The first-order valence-electron chi connectivity index (χ1n) is 3.74. The molecule has 0 spiro atoms. The third kappa shape index (κ3) is 1.36. The van der Waals surface area contributed by atoms with Gasteiger partial charge in [0.05, 0.1) is 6.07 Å². The fraction of sp³-hybridized carbons (Fsp3) is 0.444. The number of nitrogens with zero attached hydrogens (tertiary/aromatic N) is 2. The van der Waals surface area contributed by atoms with Gasteiger partial charge in [-0.15, -0.1) is 11.3 Å². The first kappa shape index (κ1) is 9.24. The van der Waals surface area contributed by atoms with Crippen molar-refractivity contribution in [1.29, 1.82) is 5.26 Å². The third-order valence-corrected chi connectivity index (χ3v) is 3.19. The first-order valence-corrected chi connectivity index (χ1v) is 4.62. The van der Waals surface area contributed by atoms with Crippen molar-refractivity contribution in [2.45, 2.75) is 12.5 Å². The quantitative estimate of drug-likeness (QED) is 0.696. The zero-order chi connectivity index (χ0) is 9.19. The number of thiophene rings is 1. The van der Waals surface area contributed by atoms with Crippen LogP contribution in [0.5, 0.6) is 0 Å². The van der Waals surface area contributed by atoms with Crippen LogP contribution in [0.3, 0.4) is 0 Å². The lowest BCUT2D eigenvalue weighted by atomic mass is 10.0. The van der Waals surface area contributed by atoms with Crippen molar-refractivity contribution in [1.82, 2.24) is 4.90 Å². The Morgan fingerprint density at radius 2 is 2.25 bits per heavy atom. The van der Waals surface area contributed by atoms with Crippen LogP contribution in [0.25, 0.3) is 0 Å².